The quantitative estimate of drug-likeness (QED) is 0.183. The molecule has 0 saturated heterocycles. The number of aromatic hydroxyl groups is 1. The summed E-state index contributed by atoms with van der Waals surface area (Å²) in [5.74, 6) is 0.855. The number of hydrogen-bond donors (Lipinski definition) is 3. The highest BCUT2D eigenvalue weighted by molar-refractivity contribution is 6.30. The lowest BCUT2D eigenvalue weighted by atomic mass is 9.98. The second kappa shape index (κ2) is 12.8. The summed E-state index contributed by atoms with van der Waals surface area (Å²) in [5, 5.41) is 24.3. The Balaban J connectivity index is 1.36. The van der Waals surface area contributed by atoms with Gasteiger partial charge < -0.3 is 20.1 Å². The monoisotopic (exact) mass is 571 g/mol. The number of aryl methyl sites for hydroxylation is 1. The van der Waals surface area contributed by atoms with Crippen LogP contribution in [0.25, 0.3) is 22.5 Å². The molecule has 1 atom stereocenters. The van der Waals surface area contributed by atoms with E-state index >= 15 is 0 Å². The molecule has 210 valence electrons. The third-order valence-corrected chi connectivity index (χ3v) is 7.14. The van der Waals surface area contributed by atoms with Crippen LogP contribution in [0.5, 0.6) is 5.75 Å². The van der Waals surface area contributed by atoms with Gasteiger partial charge in [-0.15, -0.1) is 10.2 Å². The number of carbonyl (C=O) groups is 1. The second-order valence-corrected chi connectivity index (χ2v) is 9.97. The number of phenolic OH excluding ortho intramolecular Hbond substituents is 1. The topological polar surface area (TPSA) is 145 Å². The number of nitrogens with one attached hydrogen (secondary N) is 1. The average molecular weight is 572 g/mol. The number of tetrazole rings is 1. The number of hydrogen-bond acceptors (Lipinski definition) is 8. The SMILES string of the molecule is CCCCc1nc(Cl)c(COC(=O)[C@@H](N)c2ccc(O)cc2)n1Cc1ccc(-c2ccccc2-c2nn[nH]n2)cc1. The number of esters is 1. The molecule has 0 aliphatic carbocycles. The van der Waals surface area contributed by atoms with Gasteiger partial charge >= 0.3 is 5.97 Å². The van der Waals surface area contributed by atoms with Crippen LogP contribution in [-0.2, 0) is 29.1 Å². The fourth-order valence-corrected chi connectivity index (χ4v) is 4.83. The molecule has 5 aromatic rings. The number of ether oxygens (including phenoxy) is 1. The Morgan fingerprint density at radius 2 is 1.80 bits per heavy atom. The van der Waals surface area contributed by atoms with E-state index in [1.807, 2.05) is 28.8 Å². The van der Waals surface area contributed by atoms with E-state index in [1.165, 1.54) is 12.1 Å². The first-order chi connectivity index (χ1) is 19.9. The molecule has 41 heavy (non-hydrogen) atoms. The van der Waals surface area contributed by atoms with Gasteiger partial charge in [-0.3, -0.25) is 0 Å². The smallest absolute Gasteiger partial charge is 0.327 e. The summed E-state index contributed by atoms with van der Waals surface area (Å²) in [5.41, 5.74) is 11.2. The van der Waals surface area contributed by atoms with Crippen molar-refractivity contribution < 1.29 is 14.6 Å². The minimum Gasteiger partial charge on any atom is -0.508 e. The zero-order valence-corrected chi connectivity index (χ0v) is 23.3. The summed E-state index contributed by atoms with van der Waals surface area (Å²) in [7, 11) is 0. The molecule has 3 aromatic carbocycles. The van der Waals surface area contributed by atoms with E-state index in [2.05, 4.69) is 56.8 Å². The van der Waals surface area contributed by atoms with Gasteiger partial charge in [0, 0.05) is 18.5 Å². The van der Waals surface area contributed by atoms with Crippen LogP contribution in [0, 0.1) is 0 Å². The first kappa shape index (κ1) is 28.0. The maximum Gasteiger partial charge on any atom is 0.327 e. The zero-order chi connectivity index (χ0) is 28.8. The summed E-state index contributed by atoms with van der Waals surface area (Å²) in [6, 6.07) is 21.2. The van der Waals surface area contributed by atoms with Crippen LogP contribution in [0.15, 0.2) is 72.8 Å². The van der Waals surface area contributed by atoms with Gasteiger partial charge in [0.1, 0.15) is 24.2 Å². The molecule has 11 heteroatoms. The molecule has 2 aromatic heterocycles. The van der Waals surface area contributed by atoms with Crippen molar-refractivity contribution in [2.24, 2.45) is 5.73 Å². The Morgan fingerprint density at radius 1 is 1.07 bits per heavy atom. The number of rotatable bonds is 11. The molecule has 2 heterocycles. The van der Waals surface area contributed by atoms with Crippen LogP contribution in [0.1, 0.15) is 48.5 Å². The van der Waals surface area contributed by atoms with Gasteiger partial charge in [-0.05, 0) is 46.0 Å². The molecule has 0 radical (unpaired) electrons. The van der Waals surface area contributed by atoms with Gasteiger partial charge in [0.05, 0.1) is 5.69 Å². The van der Waals surface area contributed by atoms with Gasteiger partial charge in [-0.2, -0.15) is 5.21 Å². The molecule has 5 rings (SSSR count). The molecule has 0 aliphatic rings. The second-order valence-electron chi connectivity index (χ2n) is 9.61. The number of H-pyrrole nitrogens is 1. The Bertz CT molecular complexity index is 1600. The number of phenols is 1. The Kier molecular flexibility index (Phi) is 8.71. The lowest BCUT2D eigenvalue weighted by molar-refractivity contribution is -0.146. The van der Waals surface area contributed by atoms with E-state index in [4.69, 9.17) is 22.1 Å². The Morgan fingerprint density at radius 3 is 2.49 bits per heavy atom. The molecule has 0 aliphatic heterocycles. The number of nitrogens with zero attached hydrogens (tertiary/aromatic N) is 5. The fraction of sp³-hybridized carbons (Fsp3) is 0.233. The molecule has 0 spiro atoms. The van der Waals surface area contributed by atoms with Gasteiger partial charge in [0.2, 0.25) is 5.82 Å². The third kappa shape index (κ3) is 6.45. The molecule has 4 N–H and O–H groups in total. The van der Waals surface area contributed by atoms with Gasteiger partial charge in [-0.25, -0.2) is 9.78 Å². The first-order valence-corrected chi connectivity index (χ1v) is 13.7. The van der Waals surface area contributed by atoms with E-state index < -0.39 is 12.0 Å². The van der Waals surface area contributed by atoms with Gasteiger partial charge in [-0.1, -0.05) is 85.6 Å². The highest BCUT2D eigenvalue weighted by Crippen LogP contribution is 2.30. The predicted octanol–water partition coefficient (Wildman–Crippen LogP) is 5.22. The molecule has 10 nitrogen and oxygen atoms in total. The molecule has 0 fully saturated rings. The minimum atomic E-state index is -0.992. The highest BCUT2D eigenvalue weighted by atomic mass is 35.5. The van der Waals surface area contributed by atoms with Crippen LogP contribution in [0.3, 0.4) is 0 Å². The molecule has 0 bridgehead atoms. The average Bonchev–Trinajstić information content (AvgIpc) is 3.63. The van der Waals surface area contributed by atoms with Crippen molar-refractivity contribution in [1.29, 1.82) is 0 Å². The van der Waals surface area contributed by atoms with Crippen molar-refractivity contribution in [2.75, 3.05) is 0 Å². The summed E-state index contributed by atoms with van der Waals surface area (Å²) >= 11 is 6.56. The van der Waals surface area contributed by atoms with Crippen molar-refractivity contribution >= 4 is 17.6 Å². The van der Waals surface area contributed by atoms with E-state index in [1.54, 1.807) is 12.1 Å². The molecule has 0 amide bonds. The van der Waals surface area contributed by atoms with Crippen molar-refractivity contribution in [1.82, 2.24) is 30.2 Å². The number of carbonyl (C=O) groups excluding carboxylic acids is 1. The standard InChI is InChI=1S/C30H30ClN7O3/c1-2-3-8-26-33-28(31)25(18-41-30(40)27(32)21-13-15-22(39)16-14-21)38(26)17-19-9-11-20(12-10-19)23-6-4-5-7-24(23)29-34-36-37-35-29/h4-7,9-16,27,39H,2-3,8,17-18,32H2,1H3,(H,34,35,36,37)/t27-/m0/s1. The molecular weight excluding hydrogens is 542 g/mol. The maximum atomic E-state index is 12.7. The molecule has 0 saturated carbocycles. The highest BCUT2D eigenvalue weighted by Gasteiger charge is 2.22. The number of aromatic nitrogens is 6. The van der Waals surface area contributed by atoms with Crippen LogP contribution < -0.4 is 5.73 Å². The molecular formula is C30H30ClN7O3. The van der Waals surface area contributed by atoms with Crippen LogP contribution in [0.2, 0.25) is 5.15 Å². The summed E-state index contributed by atoms with van der Waals surface area (Å²) in [6.45, 7) is 2.55. The van der Waals surface area contributed by atoms with E-state index in [0.717, 1.165) is 47.3 Å². The Labute approximate surface area is 242 Å². The van der Waals surface area contributed by atoms with Crippen molar-refractivity contribution in [3.05, 3.63) is 101 Å². The zero-order valence-electron chi connectivity index (χ0n) is 22.5. The minimum absolute atomic E-state index is 0.0707. The van der Waals surface area contributed by atoms with Crippen molar-refractivity contribution in [2.45, 2.75) is 45.4 Å². The number of imidazole rings is 1. The largest absolute Gasteiger partial charge is 0.508 e. The van der Waals surface area contributed by atoms with E-state index in [-0.39, 0.29) is 12.4 Å². The van der Waals surface area contributed by atoms with Crippen LogP contribution >= 0.6 is 11.6 Å². The normalized spacial score (nSPS) is 11.9. The Hall–Kier alpha value is -4.54. The van der Waals surface area contributed by atoms with Crippen LogP contribution in [0.4, 0.5) is 0 Å². The summed E-state index contributed by atoms with van der Waals surface area (Å²) in [4.78, 5) is 17.3. The van der Waals surface area contributed by atoms with Crippen LogP contribution in [-0.4, -0.2) is 41.3 Å². The fourth-order valence-electron chi connectivity index (χ4n) is 4.58. The van der Waals surface area contributed by atoms with E-state index in [9.17, 15) is 9.90 Å². The summed E-state index contributed by atoms with van der Waals surface area (Å²) < 4.78 is 7.60. The predicted molar refractivity (Wildman–Crippen MR) is 155 cm³/mol. The van der Waals surface area contributed by atoms with Gasteiger partial charge in [0.15, 0.2) is 5.15 Å². The summed E-state index contributed by atoms with van der Waals surface area (Å²) in [6.07, 6.45) is 2.70. The number of halogens is 1. The number of aromatic amines is 1. The lowest BCUT2D eigenvalue weighted by Gasteiger charge is -2.15. The van der Waals surface area contributed by atoms with Crippen molar-refractivity contribution in [3.8, 4) is 28.3 Å². The molecule has 0 unspecified atom stereocenters. The lowest BCUT2D eigenvalue weighted by Crippen LogP contribution is -2.24. The van der Waals surface area contributed by atoms with Crippen molar-refractivity contribution in [3.63, 3.8) is 0 Å². The number of nitrogens with two attached hydrogens (primary N) is 1. The number of unbranched alkanes of at least 4 members (excludes halogenated alkanes) is 1. The van der Waals surface area contributed by atoms with E-state index in [0.29, 0.717) is 28.8 Å². The first-order valence-electron chi connectivity index (χ1n) is 13.3. The number of benzene rings is 3. The van der Waals surface area contributed by atoms with Gasteiger partial charge in [0.25, 0.3) is 0 Å². The maximum absolute atomic E-state index is 12.7. The third-order valence-electron chi connectivity index (χ3n) is 6.83.